The highest BCUT2D eigenvalue weighted by molar-refractivity contribution is 6.39. The lowest BCUT2D eigenvalue weighted by Crippen LogP contribution is -2.41. The van der Waals surface area contributed by atoms with Crippen LogP contribution >= 0.6 is 34.8 Å². The van der Waals surface area contributed by atoms with E-state index < -0.39 is 17.3 Å². The number of aryl methyl sites for hydroxylation is 1. The van der Waals surface area contributed by atoms with Gasteiger partial charge in [0.1, 0.15) is 11.4 Å². The molecular formula is C31H29Cl3FN5O4. The molecule has 2 aromatic carbocycles. The van der Waals surface area contributed by atoms with Crippen LogP contribution in [-0.4, -0.2) is 45.0 Å². The number of carbonyl (C=O) groups is 1. The highest BCUT2D eigenvalue weighted by atomic mass is 35.5. The van der Waals surface area contributed by atoms with E-state index in [-0.39, 0.29) is 44.2 Å². The second-order valence-corrected chi connectivity index (χ2v) is 11.6. The molecule has 0 saturated heterocycles. The molecule has 0 radical (unpaired) electrons. The number of aliphatic hydroxyl groups excluding tert-OH is 1. The third kappa shape index (κ3) is 6.74. The molecule has 0 bridgehead atoms. The summed E-state index contributed by atoms with van der Waals surface area (Å²) in [6.07, 6.45) is 3.40. The molecule has 1 saturated carbocycles. The van der Waals surface area contributed by atoms with Crippen LogP contribution in [-0.2, 0) is 13.6 Å². The quantitative estimate of drug-likeness (QED) is 0.204. The molecule has 2 atom stereocenters. The van der Waals surface area contributed by atoms with Crippen LogP contribution in [0.4, 0.5) is 10.1 Å². The summed E-state index contributed by atoms with van der Waals surface area (Å²) in [4.78, 5) is 30.0. The van der Waals surface area contributed by atoms with Crippen molar-refractivity contribution in [3.8, 4) is 28.3 Å². The standard InChI is InChI=1S/C31H29Cl3FN5O4/c1-40-31(43)21(14-26(32)39-40)29(42)37-24-13-17(35)12-20(28(24)34)18-6-5-7-19(27(18)33)22-11-10-16(30(38-22)44-2)15-36-23-8-3-4-9-25(23)41/h5-7,10-14,23,25,36,41H,3-4,8-9,15H2,1-2H3,(H,37,42). The molecule has 0 aliphatic heterocycles. The van der Waals surface area contributed by atoms with E-state index in [9.17, 15) is 19.1 Å². The van der Waals surface area contributed by atoms with E-state index in [2.05, 4.69) is 20.7 Å². The van der Waals surface area contributed by atoms with Gasteiger partial charge in [0.15, 0.2) is 5.15 Å². The molecule has 2 aromatic heterocycles. The topological polar surface area (TPSA) is 118 Å². The number of hydrogen-bond acceptors (Lipinski definition) is 7. The van der Waals surface area contributed by atoms with E-state index in [1.165, 1.54) is 20.2 Å². The smallest absolute Gasteiger partial charge is 0.279 e. The number of benzene rings is 2. The molecule has 3 N–H and O–H groups in total. The third-order valence-electron chi connectivity index (χ3n) is 7.54. The Morgan fingerprint density at radius 2 is 1.82 bits per heavy atom. The minimum Gasteiger partial charge on any atom is -0.481 e. The summed E-state index contributed by atoms with van der Waals surface area (Å²) in [7, 11) is 2.88. The van der Waals surface area contributed by atoms with Crippen LogP contribution in [0.5, 0.6) is 5.88 Å². The van der Waals surface area contributed by atoms with Gasteiger partial charge >= 0.3 is 0 Å². The number of nitrogens with one attached hydrogen (secondary N) is 2. The van der Waals surface area contributed by atoms with Crippen molar-refractivity contribution in [2.75, 3.05) is 12.4 Å². The predicted octanol–water partition coefficient (Wildman–Crippen LogP) is 6.26. The molecule has 5 rings (SSSR count). The number of aromatic nitrogens is 3. The van der Waals surface area contributed by atoms with E-state index in [4.69, 9.17) is 39.5 Å². The van der Waals surface area contributed by atoms with Gasteiger partial charge in [-0.25, -0.2) is 14.1 Å². The zero-order valence-electron chi connectivity index (χ0n) is 23.8. The summed E-state index contributed by atoms with van der Waals surface area (Å²) >= 11 is 19.5. The first-order valence-corrected chi connectivity index (χ1v) is 15.0. The fraction of sp³-hybridized carbons (Fsp3) is 0.290. The zero-order valence-corrected chi connectivity index (χ0v) is 26.1. The van der Waals surface area contributed by atoms with Gasteiger partial charge in [-0.05, 0) is 37.1 Å². The number of amides is 1. The van der Waals surface area contributed by atoms with Crippen molar-refractivity contribution in [1.82, 2.24) is 20.1 Å². The number of hydrogen-bond donors (Lipinski definition) is 3. The molecule has 4 aromatic rings. The van der Waals surface area contributed by atoms with Crippen LogP contribution < -0.4 is 20.9 Å². The van der Waals surface area contributed by atoms with Gasteiger partial charge in [0, 0.05) is 41.9 Å². The molecule has 230 valence electrons. The van der Waals surface area contributed by atoms with E-state index in [1.54, 1.807) is 24.3 Å². The number of halogens is 4. The van der Waals surface area contributed by atoms with E-state index in [1.807, 2.05) is 6.07 Å². The molecule has 2 heterocycles. The fourth-order valence-corrected chi connectivity index (χ4v) is 6.07. The number of ether oxygens (including phenoxy) is 1. The van der Waals surface area contributed by atoms with E-state index in [0.29, 0.717) is 29.2 Å². The average molecular weight is 661 g/mol. The van der Waals surface area contributed by atoms with Crippen LogP contribution in [0.1, 0.15) is 41.6 Å². The summed E-state index contributed by atoms with van der Waals surface area (Å²) in [6.45, 7) is 0.469. The highest BCUT2D eigenvalue weighted by Gasteiger charge is 2.24. The van der Waals surface area contributed by atoms with Crippen molar-refractivity contribution in [1.29, 1.82) is 0 Å². The van der Waals surface area contributed by atoms with Gasteiger partial charge in [0.25, 0.3) is 11.5 Å². The molecule has 13 heteroatoms. The number of aliphatic hydroxyl groups is 1. The van der Waals surface area contributed by atoms with Crippen molar-refractivity contribution >= 4 is 46.4 Å². The Kier molecular flexibility index (Phi) is 9.87. The second-order valence-electron chi connectivity index (χ2n) is 10.4. The van der Waals surface area contributed by atoms with Crippen molar-refractivity contribution < 1.29 is 19.0 Å². The molecule has 1 aliphatic carbocycles. The maximum Gasteiger partial charge on any atom is 0.279 e. The SMILES string of the molecule is COc1nc(-c2cccc(-c3cc(F)cc(NC(=O)c4cc(Cl)nn(C)c4=O)c3Cl)c2Cl)ccc1CNC1CCCCC1O. The minimum atomic E-state index is -0.836. The Balaban J connectivity index is 1.45. The largest absolute Gasteiger partial charge is 0.481 e. The normalized spacial score (nSPS) is 16.5. The number of methoxy groups -OCH3 is 1. The Morgan fingerprint density at radius 1 is 1.07 bits per heavy atom. The van der Waals surface area contributed by atoms with Crippen molar-refractivity contribution in [2.45, 2.75) is 44.4 Å². The Hall–Kier alpha value is -3.54. The summed E-state index contributed by atoms with van der Waals surface area (Å²) in [6, 6.07) is 12.2. The van der Waals surface area contributed by atoms with Crippen LogP contribution in [0.3, 0.4) is 0 Å². The van der Waals surface area contributed by atoms with Crippen LogP contribution in [0.25, 0.3) is 22.4 Å². The van der Waals surface area contributed by atoms with Crippen molar-refractivity contribution in [3.05, 3.63) is 91.0 Å². The third-order valence-corrected chi connectivity index (χ3v) is 8.54. The van der Waals surface area contributed by atoms with Gasteiger partial charge in [-0.15, -0.1) is 0 Å². The van der Waals surface area contributed by atoms with E-state index >= 15 is 0 Å². The first kappa shape index (κ1) is 31.9. The molecule has 1 fully saturated rings. The maximum atomic E-state index is 14.9. The van der Waals surface area contributed by atoms with Crippen LogP contribution in [0.2, 0.25) is 15.2 Å². The van der Waals surface area contributed by atoms with Crippen molar-refractivity contribution in [2.24, 2.45) is 7.05 Å². The number of nitrogens with zero attached hydrogens (tertiary/aromatic N) is 3. The zero-order chi connectivity index (χ0) is 31.5. The number of rotatable bonds is 8. The molecule has 9 nitrogen and oxygen atoms in total. The lowest BCUT2D eigenvalue weighted by Gasteiger charge is -2.28. The second kappa shape index (κ2) is 13.6. The summed E-state index contributed by atoms with van der Waals surface area (Å²) in [5.41, 5.74) is 1.45. The fourth-order valence-electron chi connectivity index (χ4n) is 5.26. The highest BCUT2D eigenvalue weighted by Crippen LogP contribution is 2.42. The summed E-state index contributed by atoms with van der Waals surface area (Å²) < 4.78 is 21.4. The average Bonchev–Trinajstić information content (AvgIpc) is 3.00. The first-order chi connectivity index (χ1) is 21.1. The lowest BCUT2D eigenvalue weighted by molar-refractivity contribution is 0.0901. The van der Waals surface area contributed by atoms with Crippen LogP contribution in [0.15, 0.2) is 53.3 Å². The molecule has 0 spiro atoms. The Bertz CT molecular complexity index is 1780. The molecular weight excluding hydrogens is 632 g/mol. The summed E-state index contributed by atoms with van der Waals surface area (Å²) in [5.74, 6) is -1.13. The Morgan fingerprint density at radius 3 is 2.57 bits per heavy atom. The lowest BCUT2D eigenvalue weighted by atomic mass is 9.92. The first-order valence-electron chi connectivity index (χ1n) is 13.9. The van der Waals surface area contributed by atoms with Gasteiger partial charge in [0.05, 0.1) is 34.6 Å². The van der Waals surface area contributed by atoms with Gasteiger partial charge in [-0.3, -0.25) is 9.59 Å². The number of carbonyl (C=O) groups excluding carboxylic acids is 1. The monoisotopic (exact) mass is 659 g/mol. The van der Waals surface area contributed by atoms with Crippen LogP contribution in [0, 0.1) is 5.82 Å². The number of anilines is 1. The molecule has 1 aliphatic rings. The number of pyridine rings is 1. The van der Waals surface area contributed by atoms with E-state index in [0.717, 1.165) is 48.1 Å². The summed E-state index contributed by atoms with van der Waals surface area (Å²) in [5, 5.41) is 20.2. The maximum absolute atomic E-state index is 14.9. The molecule has 44 heavy (non-hydrogen) atoms. The van der Waals surface area contributed by atoms with Gasteiger partial charge in [-0.2, -0.15) is 5.10 Å². The Labute approximate surface area is 267 Å². The van der Waals surface area contributed by atoms with Gasteiger partial charge in [0.2, 0.25) is 5.88 Å². The molecule has 1 amide bonds. The van der Waals surface area contributed by atoms with Gasteiger partial charge < -0.3 is 20.5 Å². The van der Waals surface area contributed by atoms with Crippen molar-refractivity contribution in [3.63, 3.8) is 0 Å². The molecule has 2 unspecified atom stereocenters. The minimum absolute atomic E-state index is 0.00707. The van der Waals surface area contributed by atoms with Gasteiger partial charge in [-0.1, -0.05) is 71.9 Å². The predicted molar refractivity (Wildman–Crippen MR) is 169 cm³/mol.